The van der Waals surface area contributed by atoms with Gasteiger partial charge in [-0.25, -0.2) is 14.2 Å². The Bertz CT molecular complexity index is 718. The van der Waals surface area contributed by atoms with Crippen LogP contribution in [0.25, 0.3) is 0 Å². The number of halogens is 1. The second-order valence-electron chi connectivity index (χ2n) is 5.80. The van der Waals surface area contributed by atoms with Crippen molar-refractivity contribution in [2.75, 3.05) is 18.9 Å². The molecule has 0 radical (unpaired) electrons. The zero-order valence-electron chi connectivity index (χ0n) is 13.2. The van der Waals surface area contributed by atoms with E-state index >= 15 is 0 Å². The first-order valence-corrected chi connectivity index (χ1v) is 8.44. The van der Waals surface area contributed by atoms with Crippen molar-refractivity contribution in [3.63, 3.8) is 0 Å². The average Bonchev–Trinajstić information content (AvgIpc) is 2.91. The molecule has 0 fully saturated rings. The third-order valence-corrected chi connectivity index (χ3v) is 5.08. The van der Waals surface area contributed by atoms with E-state index in [4.69, 9.17) is 0 Å². The van der Waals surface area contributed by atoms with Gasteiger partial charge in [-0.05, 0) is 32.3 Å². The van der Waals surface area contributed by atoms with Crippen LogP contribution in [0.15, 0.2) is 18.5 Å². The number of likely N-dealkylation sites (N-methyl/N-ethyl adjacent to an activating group) is 1. The number of nitrogens with one attached hydrogen (secondary N) is 1. The van der Waals surface area contributed by atoms with E-state index in [1.807, 2.05) is 6.92 Å². The average molecular weight is 334 g/mol. The van der Waals surface area contributed by atoms with E-state index < -0.39 is 5.82 Å². The van der Waals surface area contributed by atoms with Crippen LogP contribution in [0, 0.1) is 12.7 Å². The topological polar surface area (TPSA) is 58.1 Å². The summed E-state index contributed by atoms with van der Waals surface area (Å²) < 4.78 is 13.6. The lowest BCUT2D eigenvalue weighted by Gasteiger charge is -2.26. The number of hydrogen-bond donors (Lipinski definition) is 1. The number of urea groups is 1. The Kier molecular flexibility index (Phi) is 4.56. The van der Waals surface area contributed by atoms with Crippen LogP contribution in [0.3, 0.4) is 0 Å². The van der Waals surface area contributed by atoms with Crippen molar-refractivity contribution in [1.29, 1.82) is 0 Å². The maximum atomic E-state index is 13.6. The Hall–Kier alpha value is -2.02. The van der Waals surface area contributed by atoms with Crippen molar-refractivity contribution < 1.29 is 9.18 Å². The first-order chi connectivity index (χ1) is 11.0. The molecular weight excluding hydrogens is 315 g/mol. The molecule has 0 aliphatic heterocycles. The third kappa shape index (κ3) is 3.50. The van der Waals surface area contributed by atoms with Crippen LogP contribution in [0.4, 0.5) is 14.9 Å². The molecule has 23 heavy (non-hydrogen) atoms. The highest BCUT2D eigenvalue weighted by Crippen LogP contribution is 2.35. The largest absolute Gasteiger partial charge is 0.327 e. The molecule has 1 aliphatic rings. The van der Waals surface area contributed by atoms with E-state index in [-0.39, 0.29) is 17.6 Å². The number of nitrogens with zero attached hydrogens (tertiary/aromatic N) is 3. The molecule has 0 aromatic carbocycles. The van der Waals surface area contributed by atoms with Gasteiger partial charge in [0.1, 0.15) is 0 Å². The third-order valence-electron chi connectivity index (χ3n) is 4.03. The van der Waals surface area contributed by atoms with Gasteiger partial charge in [0.15, 0.2) is 5.82 Å². The van der Waals surface area contributed by atoms with Gasteiger partial charge < -0.3 is 10.2 Å². The minimum absolute atomic E-state index is 0.144. The summed E-state index contributed by atoms with van der Waals surface area (Å²) in [5.74, 6) is -0.286. The second kappa shape index (κ2) is 6.62. The molecule has 2 amide bonds. The molecule has 122 valence electrons. The van der Waals surface area contributed by atoms with Crippen molar-refractivity contribution in [2.45, 2.75) is 32.1 Å². The van der Waals surface area contributed by atoms with E-state index in [0.29, 0.717) is 6.54 Å². The fourth-order valence-corrected chi connectivity index (χ4v) is 3.97. The van der Waals surface area contributed by atoms with Crippen LogP contribution in [0.5, 0.6) is 0 Å². The van der Waals surface area contributed by atoms with Gasteiger partial charge in [-0.15, -0.1) is 11.3 Å². The van der Waals surface area contributed by atoms with Gasteiger partial charge in [-0.3, -0.25) is 4.98 Å². The van der Waals surface area contributed by atoms with Crippen LogP contribution in [-0.2, 0) is 6.42 Å². The highest BCUT2D eigenvalue weighted by Gasteiger charge is 2.26. The van der Waals surface area contributed by atoms with Crippen molar-refractivity contribution >= 4 is 23.1 Å². The standard InChI is InChI=1S/C16H19FN4OS/c1-10-19-15-11(4-3-5-14(15)23-10)9-21(2)16(22)20-13-6-7-18-8-12(13)17/h6-8,11H,3-5,9H2,1-2H3,(H,18,20,22)/t11-/m0/s1. The maximum Gasteiger partial charge on any atom is 0.321 e. The first kappa shape index (κ1) is 15.9. The van der Waals surface area contributed by atoms with Gasteiger partial charge >= 0.3 is 6.03 Å². The Morgan fingerprint density at radius 1 is 1.57 bits per heavy atom. The zero-order valence-corrected chi connectivity index (χ0v) is 14.0. The van der Waals surface area contributed by atoms with Crippen LogP contribution in [0.2, 0.25) is 0 Å². The highest BCUT2D eigenvalue weighted by molar-refractivity contribution is 7.11. The normalized spacial score (nSPS) is 16.7. The summed E-state index contributed by atoms with van der Waals surface area (Å²) in [6.45, 7) is 2.59. The van der Waals surface area contributed by atoms with Gasteiger partial charge in [0.2, 0.25) is 0 Å². The van der Waals surface area contributed by atoms with Gasteiger partial charge in [0.25, 0.3) is 0 Å². The van der Waals surface area contributed by atoms with Gasteiger partial charge in [-0.2, -0.15) is 0 Å². The predicted octanol–water partition coefficient (Wildman–Crippen LogP) is 3.57. The number of pyridine rings is 1. The summed E-state index contributed by atoms with van der Waals surface area (Å²) in [5, 5.41) is 3.66. The predicted molar refractivity (Wildman–Crippen MR) is 88.4 cm³/mol. The molecule has 0 saturated carbocycles. The molecular formula is C16H19FN4OS. The molecule has 7 heteroatoms. The molecule has 0 saturated heterocycles. The van der Waals surface area contributed by atoms with Gasteiger partial charge in [0, 0.05) is 30.6 Å². The summed E-state index contributed by atoms with van der Waals surface area (Å²) in [5.41, 5.74) is 1.28. The number of carbonyl (C=O) groups is 1. The lowest BCUT2D eigenvalue weighted by atomic mass is 9.90. The number of aromatic nitrogens is 2. The van der Waals surface area contributed by atoms with Crippen LogP contribution in [-0.4, -0.2) is 34.5 Å². The molecule has 0 bridgehead atoms. The van der Waals surface area contributed by atoms with Crippen molar-refractivity contribution in [3.8, 4) is 0 Å². The maximum absolute atomic E-state index is 13.6. The van der Waals surface area contributed by atoms with Crippen molar-refractivity contribution in [3.05, 3.63) is 39.9 Å². The van der Waals surface area contributed by atoms with Crippen LogP contribution >= 0.6 is 11.3 Å². The lowest BCUT2D eigenvalue weighted by Crippen LogP contribution is -2.35. The van der Waals surface area contributed by atoms with Gasteiger partial charge in [0.05, 0.1) is 22.6 Å². The Morgan fingerprint density at radius 2 is 2.39 bits per heavy atom. The minimum atomic E-state index is -0.538. The van der Waals surface area contributed by atoms with E-state index in [0.717, 1.165) is 36.2 Å². The Balaban J connectivity index is 1.66. The van der Waals surface area contributed by atoms with Crippen molar-refractivity contribution in [2.24, 2.45) is 0 Å². The fourth-order valence-electron chi connectivity index (χ4n) is 2.91. The van der Waals surface area contributed by atoms with E-state index in [1.165, 1.54) is 17.1 Å². The number of anilines is 1. The summed E-state index contributed by atoms with van der Waals surface area (Å²) >= 11 is 1.75. The molecule has 2 heterocycles. The van der Waals surface area contributed by atoms with Crippen molar-refractivity contribution in [1.82, 2.24) is 14.9 Å². The first-order valence-electron chi connectivity index (χ1n) is 7.62. The summed E-state index contributed by atoms with van der Waals surface area (Å²) in [4.78, 5) is 23.5. The number of hydrogen-bond acceptors (Lipinski definition) is 4. The smallest absolute Gasteiger partial charge is 0.321 e. The number of aryl methyl sites for hydroxylation is 2. The second-order valence-corrected chi connectivity index (χ2v) is 7.08. The summed E-state index contributed by atoms with van der Waals surface area (Å²) in [6.07, 6.45) is 5.76. The molecule has 2 aromatic heterocycles. The van der Waals surface area contributed by atoms with Crippen LogP contribution in [0.1, 0.15) is 34.3 Å². The molecule has 1 N–H and O–H groups in total. The van der Waals surface area contributed by atoms with E-state index in [1.54, 1.807) is 23.3 Å². The lowest BCUT2D eigenvalue weighted by molar-refractivity contribution is 0.217. The molecule has 5 nitrogen and oxygen atoms in total. The highest BCUT2D eigenvalue weighted by atomic mass is 32.1. The molecule has 2 aromatic rings. The SMILES string of the molecule is Cc1nc2c(s1)CCC[C@H]2CN(C)C(=O)Nc1ccncc1F. The Labute approximate surface area is 138 Å². The number of fused-ring (bicyclic) bond motifs is 1. The number of thiazole rings is 1. The molecule has 0 unspecified atom stereocenters. The minimum Gasteiger partial charge on any atom is -0.327 e. The van der Waals surface area contributed by atoms with Crippen LogP contribution < -0.4 is 5.32 Å². The molecule has 3 rings (SSSR count). The Morgan fingerprint density at radius 3 is 3.17 bits per heavy atom. The quantitative estimate of drug-likeness (QED) is 0.933. The van der Waals surface area contributed by atoms with Gasteiger partial charge in [-0.1, -0.05) is 0 Å². The summed E-state index contributed by atoms with van der Waals surface area (Å²) in [7, 11) is 1.72. The molecule has 1 aliphatic carbocycles. The molecule has 1 atom stereocenters. The van der Waals surface area contributed by atoms with E-state index in [2.05, 4.69) is 15.3 Å². The van der Waals surface area contributed by atoms with E-state index in [9.17, 15) is 9.18 Å². The monoisotopic (exact) mass is 334 g/mol. The number of rotatable bonds is 3. The number of carbonyl (C=O) groups excluding carboxylic acids is 1. The summed E-state index contributed by atoms with van der Waals surface area (Å²) in [6, 6.07) is 1.12. The molecule has 0 spiro atoms. The fraction of sp³-hybridized carbons (Fsp3) is 0.438. The number of amides is 2. The zero-order chi connectivity index (χ0) is 16.4.